The molecule has 0 spiro atoms. The molecular formula is C14H20N2O4. The highest BCUT2D eigenvalue weighted by atomic mass is 16.5. The molecule has 3 atom stereocenters. The number of hydrazine groups is 1. The SMILES string of the molecule is COCCOc1ccc(C2NNC(C(=O)O)C2C)cc1. The van der Waals surface area contributed by atoms with Gasteiger partial charge in [0.2, 0.25) is 0 Å². The van der Waals surface area contributed by atoms with E-state index in [0.29, 0.717) is 13.2 Å². The number of hydrogen-bond donors (Lipinski definition) is 3. The van der Waals surface area contributed by atoms with Gasteiger partial charge < -0.3 is 14.6 Å². The summed E-state index contributed by atoms with van der Waals surface area (Å²) in [7, 11) is 1.63. The van der Waals surface area contributed by atoms with Gasteiger partial charge in [-0.1, -0.05) is 19.1 Å². The zero-order valence-corrected chi connectivity index (χ0v) is 11.6. The first-order chi connectivity index (χ1) is 9.63. The number of carboxylic acid groups (broad SMARTS) is 1. The molecule has 20 heavy (non-hydrogen) atoms. The summed E-state index contributed by atoms with van der Waals surface area (Å²) in [5.74, 6) is -0.0982. The number of carbonyl (C=O) groups is 1. The second-order valence-electron chi connectivity index (χ2n) is 4.85. The summed E-state index contributed by atoms with van der Waals surface area (Å²) in [5.41, 5.74) is 6.88. The summed E-state index contributed by atoms with van der Waals surface area (Å²) in [6.07, 6.45) is 0. The first-order valence-corrected chi connectivity index (χ1v) is 6.59. The Morgan fingerprint density at radius 2 is 1.95 bits per heavy atom. The number of ether oxygens (including phenoxy) is 2. The number of aliphatic carboxylic acids is 1. The summed E-state index contributed by atoms with van der Waals surface area (Å²) in [5, 5.41) is 9.08. The van der Waals surface area contributed by atoms with Crippen molar-refractivity contribution < 1.29 is 19.4 Å². The van der Waals surface area contributed by atoms with Gasteiger partial charge in [0.05, 0.1) is 12.6 Å². The first kappa shape index (κ1) is 14.8. The number of methoxy groups -OCH3 is 1. The van der Waals surface area contributed by atoms with Crippen LogP contribution in [0.1, 0.15) is 18.5 Å². The average molecular weight is 280 g/mol. The Bertz CT molecular complexity index is 449. The Hall–Kier alpha value is -1.63. The third kappa shape index (κ3) is 3.27. The van der Waals surface area contributed by atoms with Gasteiger partial charge in [-0.25, -0.2) is 10.9 Å². The second kappa shape index (κ2) is 6.69. The minimum absolute atomic E-state index is 0.0240. The average Bonchev–Trinajstić information content (AvgIpc) is 2.82. The van der Waals surface area contributed by atoms with Crippen LogP contribution in [0.25, 0.3) is 0 Å². The number of nitrogens with one attached hydrogen (secondary N) is 2. The highest BCUT2D eigenvalue weighted by Crippen LogP contribution is 2.29. The van der Waals surface area contributed by atoms with E-state index in [0.717, 1.165) is 11.3 Å². The van der Waals surface area contributed by atoms with E-state index in [2.05, 4.69) is 10.9 Å². The molecule has 1 saturated heterocycles. The van der Waals surface area contributed by atoms with Gasteiger partial charge >= 0.3 is 5.97 Å². The topological polar surface area (TPSA) is 79.8 Å². The first-order valence-electron chi connectivity index (χ1n) is 6.59. The van der Waals surface area contributed by atoms with Crippen LogP contribution >= 0.6 is 0 Å². The summed E-state index contributed by atoms with van der Waals surface area (Å²) in [6.45, 7) is 2.98. The summed E-state index contributed by atoms with van der Waals surface area (Å²) >= 11 is 0. The van der Waals surface area contributed by atoms with Gasteiger partial charge in [0.15, 0.2) is 0 Å². The van der Waals surface area contributed by atoms with E-state index in [-0.39, 0.29) is 12.0 Å². The Kier molecular flexibility index (Phi) is 4.94. The molecule has 1 fully saturated rings. The van der Waals surface area contributed by atoms with Crippen LogP contribution in [-0.4, -0.2) is 37.4 Å². The highest BCUT2D eigenvalue weighted by molar-refractivity contribution is 5.74. The van der Waals surface area contributed by atoms with Crippen molar-refractivity contribution in [3.63, 3.8) is 0 Å². The fourth-order valence-electron chi connectivity index (χ4n) is 2.32. The third-order valence-electron chi connectivity index (χ3n) is 3.51. The van der Waals surface area contributed by atoms with Crippen molar-refractivity contribution in [3.8, 4) is 5.75 Å². The van der Waals surface area contributed by atoms with Crippen molar-refractivity contribution in [2.24, 2.45) is 5.92 Å². The molecule has 0 bridgehead atoms. The third-order valence-corrected chi connectivity index (χ3v) is 3.51. The van der Waals surface area contributed by atoms with E-state index in [9.17, 15) is 4.79 Å². The maximum Gasteiger partial charge on any atom is 0.322 e. The van der Waals surface area contributed by atoms with Crippen LogP contribution in [0.3, 0.4) is 0 Å². The lowest BCUT2D eigenvalue weighted by Crippen LogP contribution is -2.37. The van der Waals surface area contributed by atoms with Crippen LogP contribution in [0.15, 0.2) is 24.3 Å². The summed E-state index contributed by atoms with van der Waals surface area (Å²) < 4.78 is 10.4. The molecule has 1 aromatic rings. The molecule has 1 aliphatic rings. The van der Waals surface area contributed by atoms with Crippen molar-refractivity contribution in [1.82, 2.24) is 10.9 Å². The second-order valence-corrected chi connectivity index (χ2v) is 4.85. The van der Waals surface area contributed by atoms with Gasteiger partial charge in [-0.05, 0) is 17.7 Å². The van der Waals surface area contributed by atoms with Crippen LogP contribution < -0.4 is 15.6 Å². The molecule has 0 saturated carbocycles. The van der Waals surface area contributed by atoms with Gasteiger partial charge in [0.1, 0.15) is 18.4 Å². The Labute approximate surface area is 118 Å². The maximum absolute atomic E-state index is 11.1. The number of benzene rings is 1. The summed E-state index contributed by atoms with van der Waals surface area (Å²) in [4.78, 5) is 11.1. The zero-order valence-electron chi connectivity index (χ0n) is 11.6. The van der Waals surface area contributed by atoms with Crippen LogP contribution in [0.2, 0.25) is 0 Å². The minimum Gasteiger partial charge on any atom is -0.491 e. The van der Waals surface area contributed by atoms with E-state index in [1.54, 1.807) is 7.11 Å². The zero-order chi connectivity index (χ0) is 14.5. The van der Waals surface area contributed by atoms with E-state index in [1.807, 2.05) is 31.2 Å². The summed E-state index contributed by atoms with van der Waals surface area (Å²) in [6, 6.07) is 7.06. The Morgan fingerprint density at radius 3 is 2.50 bits per heavy atom. The van der Waals surface area contributed by atoms with Gasteiger partial charge in [-0.15, -0.1) is 0 Å². The molecule has 0 amide bonds. The largest absolute Gasteiger partial charge is 0.491 e. The standard InChI is InChI=1S/C14H20N2O4/c1-9-12(15-16-13(9)14(17)18)10-3-5-11(6-4-10)20-8-7-19-2/h3-6,9,12-13,15-16H,7-8H2,1-2H3,(H,17,18). The van der Waals surface area contributed by atoms with Crippen LogP contribution in [-0.2, 0) is 9.53 Å². The molecule has 6 nitrogen and oxygen atoms in total. The molecule has 1 aromatic carbocycles. The molecule has 3 unspecified atom stereocenters. The lowest BCUT2D eigenvalue weighted by Gasteiger charge is -2.17. The van der Waals surface area contributed by atoms with E-state index in [4.69, 9.17) is 14.6 Å². The quantitative estimate of drug-likeness (QED) is 0.673. The lowest BCUT2D eigenvalue weighted by molar-refractivity contribution is -0.140. The van der Waals surface area contributed by atoms with Gasteiger partial charge in [-0.3, -0.25) is 4.79 Å². The molecule has 1 heterocycles. The molecule has 6 heteroatoms. The predicted molar refractivity (Wildman–Crippen MR) is 73.4 cm³/mol. The van der Waals surface area contributed by atoms with E-state index < -0.39 is 12.0 Å². The predicted octanol–water partition coefficient (Wildman–Crippen LogP) is 0.950. The number of carboxylic acids is 1. The Morgan fingerprint density at radius 1 is 1.25 bits per heavy atom. The number of hydrogen-bond acceptors (Lipinski definition) is 5. The van der Waals surface area contributed by atoms with Crippen molar-refractivity contribution >= 4 is 5.97 Å². The molecule has 0 radical (unpaired) electrons. The van der Waals surface area contributed by atoms with Crippen molar-refractivity contribution in [3.05, 3.63) is 29.8 Å². The van der Waals surface area contributed by atoms with Crippen molar-refractivity contribution in [1.29, 1.82) is 0 Å². The van der Waals surface area contributed by atoms with Gasteiger partial charge in [0, 0.05) is 13.0 Å². The Balaban J connectivity index is 1.98. The maximum atomic E-state index is 11.1. The fraction of sp³-hybridized carbons (Fsp3) is 0.500. The molecular weight excluding hydrogens is 260 g/mol. The molecule has 0 aliphatic carbocycles. The molecule has 2 rings (SSSR count). The van der Waals surface area contributed by atoms with Crippen LogP contribution in [0.5, 0.6) is 5.75 Å². The van der Waals surface area contributed by atoms with Crippen LogP contribution in [0.4, 0.5) is 0 Å². The smallest absolute Gasteiger partial charge is 0.322 e. The van der Waals surface area contributed by atoms with Crippen LogP contribution in [0, 0.1) is 5.92 Å². The lowest BCUT2D eigenvalue weighted by atomic mass is 9.91. The highest BCUT2D eigenvalue weighted by Gasteiger charge is 2.37. The van der Waals surface area contributed by atoms with E-state index in [1.165, 1.54) is 0 Å². The normalized spacial score (nSPS) is 25.6. The van der Waals surface area contributed by atoms with E-state index >= 15 is 0 Å². The molecule has 3 N–H and O–H groups in total. The molecule has 1 aliphatic heterocycles. The number of rotatable bonds is 6. The van der Waals surface area contributed by atoms with Crippen molar-refractivity contribution in [2.45, 2.75) is 19.0 Å². The molecule has 0 aromatic heterocycles. The fourth-order valence-corrected chi connectivity index (χ4v) is 2.32. The monoisotopic (exact) mass is 280 g/mol. The van der Waals surface area contributed by atoms with Gasteiger partial charge in [0.25, 0.3) is 0 Å². The van der Waals surface area contributed by atoms with Crippen molar-refractivity contribution in [2.75, 3.05) is 20.3 Å². The minimum atomic E-state index is -0.841. The van der Waals surface area contributed by atoms with Gasteiger partial charge in [-0.2, -0.15) is 0 Å². The molecule has 110 valence electrons.